The number of rotatable bonds is 14. The van der Waals surface area contributed by atoms with Gasteiger partial charge in [0, 0.05) is 37.0 Å². The Morgan fingerprint density at radius 1 is 1.00 bits per heavy atom. The van der Waals surface area contributed by atoms with E-state index >= 15 is 0 Å². The van der Waals surface area contributed by atoms with Crippen LogP contribution in [0.25, 0.3) is 0 Å². The van der Waals surface area contributed by atoms with Gasteiger partial charge < -0.3 is 40.3 Å². The number of amides is 3. The van der Waals surface area contributed by atoms with Gasteiger partial charge in [0.1, 0.15) is 11.8 Å². The number of aryl methyl sites for hydroxylation is 2. The van der Waals surface area contributed by atoms with Gasteiger partial charge in [-0.05, 0) is 88.2 Å². The minimum Gasteiger partial charge on any atom is -0.483 e. The van der Waals surface area contributed by atoms with Gasteiger partial charge in [-0.1, -0.05) is 54.6 Å². The molecule has 4 N–H and O–H groups in total. The van der Waals surface area contributed by atoms with Gasteiger partial charge >= 0.3 is 0 Å². The number of aliphatic hydroxyl groups is 2. The van der Waals surface area contributed by atoms with E-state index in [0.717, 1.165) is 46.6 Å². The zero-order chi connectivity index (χ0) is 37.7. The molecule has 3 aromatic rings. The molecule has 0 unspecified atom stereocenters. The number of likely N-dealkylation sites (N-methyl/N-ethyl adjacent to an activating group) is 2. The molecule has 1 aliphatic carbocycles. The Morgan fingerprint density at radius 2 is 1.65 bits per heavy atom. The summed E-state index contributed by atoms with van der Waals surface area (Å²) in [5.74, 6) is -0.768. The molecule has 1 fully saturated rings. The van der Waals surface area contributed by atoms with Crippen LogP contribution in [0.2, 0.25) is 0 Å². The van der Waals surface area contributed by atoms with Crippen LogP contribution in [0.5, 0.6) is 5.75 Å². The second kappa shape index (κ2) is 16.7. The van der Waals surface area contributed by atoms with Gasteiger partial charge in [-0.15, -0.1) is 11.8 Å². The average Bonchev–Trinajstić information content (AvgIpc) is 3.60. The molecule has 0 bridgehead atoms. The minimum atomic E-state index is -1.65. The van der Waals surface area contributed by atoms with Crippen LogP contribution >= 0.6 is 11.8 Å². The van der Waals surface area contributed by atoms with E-state index in [1.54, 1.807) is 0 Å². The number of nitrogens with one attached hydrogen (secondary N) is 2. The van der Waals surface area contributed by atoms with Crippen LogP contribution < -0.4 is 20.3 Å². The number of hydrogen-bond acceptors (Lipinski definition) is 9. The highest BCUT2D eigenvalue weighted by Gasteiger charge is 2.50. The predicted molar refractivity (Wildman–Crippen MR) is 206 cm³/mol. The van der Waals surface area contributed by atoms with Gasteiger partial charge in [-0.25, -0.2) is 0 Å². The third kappa shape index (κ3) is 9.09. The second-order valence-corrected chi connectivity index (χ2v) is 16.4. The first-order valence-corrected chi connectivity index (χ1v) is 18.8. The van der Waals surface area contributed by atoms with Crippen molar-refractivity contribution in [2.75, 3.05) is 51.6 Å². The quantitative estimate of drug-likeness (QED) is 0.197. The molecular weight excluding hydrogens is 679 g/mol. The topological polar surface area (TPSA) is 135 Å². The lowest BCUT2D eigenvalue weighted by atomic mass is 9.96. The second-order valence-electron chi connectivity index (χ2n) is 14.8. The van der Waals surface area contributed by atoms with Crippen LogP contribution in [0.1, 0.15) is 47.7 Å². The van der Waals surface area contributed by atoms with E-state index in [2.05, 4.69) is 20.4 Å². The van der Waals surface area contributed by atoms with Crippen molar-refractivity contribution in [2.45, 2.75) is 75.6 Å². The molecule has 3 amide bonds. The first-order chi connectivity index (χ1) is 24.7. The zero-order valence-corrected chi connectivity index (χ0v) is 32.1. The van der Waals surface area contributed by atoms with Crippen LogP contribution in [0.3, 0.4) is 0 Å². The number of hydrogen-bond donors (Lipinski definition) is 4. The van der Waals surface area contributed by atoms with Gasteiger partial charge in [-0.2, -0.15) is 0 Å². The molecule has 11 nitrogen and oxygen atoms in total. The fraction of sp³-hybridized carbons (Fsp3) is 0.475. The number of anilines is 1. The molecule has 12 heteroatoms. The van der Waals surface area contributed by atoms with Crippen molar-refractivity contribution in [3.63, 3.8) is 0 Å². The SMILES string of the molecule is Cc1cc(N(C)CCN(C)C)cc(C)c1OCC(=O)N[C@@H](Cc1ccccc1)[C@H](O)C(=O)N1CSC(C)(C)[C@H]1C(=O)N[C@H]1c2ccccc2C[C@H]1O. The summed E-state index contributed by atoms with van der Waals surface area (Å²) in [4.78, 5) is 47.2. The van der Waals surface area contributed by atoms with Crippen molar-refractivity contribution < 1.29 is 29.3 Å². The van der Waals surface area contributed by atoms with Gasteiger partial charge in [0.2, 0.25) is 5.91 Å². The molecular formula is C40H53N5O6S. The minimum absolute atomic E-state index is 0.178. The molecule has 0 radical (unpaired) electrons. The van der Waals surface area contributed by atoms with Crippen LogP contribution in [-0.2, 0) is 27.2 Å². The van der Waals surface area contributed by atoms with Crippen molar-refractivity contribution in [1.29, 1.82) is 0 Å². The highest BCUT2D eigenvalue weighted by atomic mass is 32.2. The molecule has 1 heterocycles. The molecule has 0 saturated carbocycles. The lowest BCUT2D eigenvalue weighted by Crippen LogP contribution is -2.59. The third-order valence-corrected chi connectivity index (χ3v) is 11.3. The Kier molecular flexibility index (Phi) is 12.6. The van der Waals surface area contributed by atoms with E-state index in [4.69, 9.17) is 4.74 Å². The first-order valence-electron chi connectivity index (χ1n) is 17.8. The summed E-state index contributed by atoms with van der Waals surface area (Å²) in [6.07, 6.45) is -1.83. The summed E-state index contributed by atoms with van der Waals surface area (Å²) in [5, 5.41) is 28.3. The van der Waals surface area contributed by atoms with E-state index in [1.165, 1.54) is 16.7 Å². The molecule has 2 aliphatic rings. The molecule has 1 aliphatic heterocycles. The smallest absolute Gasteiger partial charge is 0.258 e. The standard InChI is InChI=1S/C40H53N5O6S/c1-25-19-29(44(7)18-17-43(5)6)20-26(2)36(25)51-23-33(47)41-31(21-27-13-9-8-10-14-27)35(48)39(50)45-24-52-40(3,4)37(45)38(49)42-34-30-16-12-11-15-28(30)22-32(34)46/h8-16,19-20,31-32,34-35,37,46,48H,17-18,21-24H2,1-7H3,(H,41,47)(H,42,49)/t31-,32+,34-,35-,37+/m0/s1. The number of carbonyl (C=O) groups excluding carboxylic acids is 3. The lowest BCUT2D eigenvalue weighted by Gasteiger charge is -2.34. The third-order valence-electron chi connectivity index (χ3n) is 9.97. The van der Waals surface area contributed by atoms with Crippen molar-refractivity contribution in [2.24, 2.45) is 0 Å². The number of thioether (sulfide) groups is 1. The number of fused-ring (bicyclic) bond motifs is 1. The number of aliphatic hydroxyl groups excluding tert-OH is 2. The Balaban J connectivity index is 1.29. The molecule has 3 aromatic carbocycles. The van der Waals surface area contributed by atoms with E-state index in [1.807, 2.05) is 116 Å². The zero-order valence-electron chi connectivity index (χ0n) is 31.3. The van der Waals surface area contributed by atoms with Crippen LogP contribution in [0.4, 0.5) is 5.69 Å². The number of benzene rings is 3. The van der Waals surface area contributed by atoms with E-state index < -0.39 is 52.8 Å². The number of nitrogens with zero attached hydrogens (tertiary/aromatic N) is 3. The maximum Gasteiger partial charge on any atom is 0.258 e. The van der Waals surface area contributed by atoms with E-state index in [9.17, 15) is 24.6 Å². The molecule has 0 spiro atoms. The molecule has 5 atom stereocenters. The normalized spacial score (nSPS) is 20.3. The first kappa shape index (κ1) is 39.1. The van der Waals surface area contributed by atoms with Crippen LogP contribution in [0.15, 0.2) is 66.7 Å². The van der Waals surface area contributed by atoms with Crippen LogP contribution in [-0.4, -0.2) is 113 Å². The van der Waals surface area contributed by atoms with Gasteiger partial charge in [-0.3, -0.25) is 14.4 Å². The van der Waals surface area contributed by atoms with Crippen LogP contribution in [0, 0.1) is 13.8 Å². The molecule has 52 heavy (non-hydrogen) atoms. The summed E-state index contributed by atoms with van der Waals surface area (Å²) >= 11 is 1.44. The fourth-order valence-electron chi connectivity index (χ4n) is 7.09. The molecule has 1 saturated heterocycles. The van der Waals surface area contributed by atoms with E-state index in [-0.39, 0.29) is 18.9 Å². The molecule has 280 valence electrons. The van der Waals surface area contributed by atoms with Crippen molar-refractivity contribution in [1.82, 2.24) is 20.4 Å². The summed E-state index contributed by atoms with van der Waals surface area (Å²) in [7, 11) is 6.12. The summed E-state index contributed by atoms with van der Waals surface area (Å²) in [5.41, 5.74) is 5.48. The maximum atomic E-state index is 14.1. The Labute approximate surface area is 311 Å². The van der Waals surface area contributed by atoms with Crippen molar-refractivity contribution >= 4 is 35.2 Å². The predicted octanol–water partition coefficient (Wildman–Crippen LogP) is 3.22. The largest absolute Gasteiger partial charge is 0.483 e. The van der Waals surface area contributed by atoms with Gasteiger partial charge in [0.15, 0.2) is 12.7 Å². The highest BCUT2D eigenvalue weighted by Crippen LogP contribution is 2.41. The van der Waals surface area contributed by atoms with Crippen molar-refractivity contribution in [3.05, 3.63) is 94.5 Å². The Hall–Kier alpha value is -4.10. The average molecular weight is 732 g/mol. The number of ether oxygens (including phenoxy) is 1. The van der Waals surface area contributed by atoms with Crippen molar-refractivity contribution in [3.8, 4) is 5.75 Å². The summed E-state index contributed by atoms with van der Waals surface area (Å²) in [6.45, 7) is 9.12. The summed E-state index contributed by atoms with van der Waals surface area (Å²) in [6, 6.07) is 18.4. The summed E-state index contributed by atoms with van der Waals surface area (Å²) < 4.78 is 5.35. The van der Waals surface area contributed by atoms with E-state index in [0.29, 0.717) is 12.2 Å². The van der Waals surface area contributed by atoms with Gasteiger partial charge in [0.05, 0.1) is 24.1 Å². The lowest BCUT2D eigenvalue weighted by molar-refractivity contribution is -0.148. The monoisotopic (exact) mass is 731 g/mol. The fourth-order valence-corrected chi connectivity index (χ4v) is 8.23. The number of carbonyl (C=O) groups is 3. The maximum absolute atomic E-state index is 14.1. The molecule has 0 aromatic heterocycles. The Morgan fingerprint density at radius 3 is 2.33 bits per heavy atom. The molecule has 5 rings (SSSR count). The Bertz CT molecular complexity index is 1710. The van der Waals surface area contributed by atoms with Gasteiger partial charge in [0.25, 0.3) is 11.8 Å². The highest BCUT2D eigenvalue weighted by molar-refractivity contribution is 8.00.